The number of aryl methyl sites for hydroxylation is 1. The maximum Gasteiger partial charge on any atom is 0.337 e. The number of aromatic nitrogens is 2. The molecular weight excluding hydrogens is 594 g/mol. The Hall–Kier alpha value is -4.58. The van der Waals surface area contributed by atoms with E-state index >= 15 is 0 Å². The van der Waals surface area contributed by atoms with Gasteiger partial charge in [-0.25, -0.2) is 23.3 Å². The number of carboxylic acids is 1. The van der Waals surface area contributed by atoms with Gasteiger partial charge in [-0.3, -0.25) is 4.98 Å². The smallest absolute Gasteiger partial charge is 0.337 e. The van der Waals surface area contributed by atoms with Gasteiger partial charge in [0.25, 0.3) is 0 Å². The average molecular weight is 628 g/mol. The Morgan fingerprint density at radius 3 is 2.53 bits per heavy atom. The maximum atomic E-state index is 12.8. The van der Waals surface area contributed by atoms with Crippen molar-refractivity contribution in [1.82, 2.24) is 9.97 Å². The molecule has 10 nitrogen and oxygen atoms in total. The number of hydrogen-bond acceptors (Lipinski definition) is 8. The first kappa shape index (κ1) is 30.4. The van der Waals surface area contributed by atoms with E-state index in [1.807, 2.05) is 58.0 Å². The molecule has 5 aromatic rings. The Kier molecular flexibility index (Phi) is 7.72. The third-order valence-electron chi connectivity index (χ3n) is 7.65. The number of nitrogens with two attached hydrogens (primary N) is 1. The zero-order valence-electron chi connectivity index (χ0n) is 25.3. The molecule has 1 atom stereocenters. The first-order valence-electron chi connectivity index (χ1n) is 14.4. The molecule has 0 unspecified atom stereocenters. The second-order valence-corrected chi connectivity index (χ2v) is 13.6. The molecule has 0 fully saturated rings. The molecule has 3 aromatic carbocycles. The molecule has 0 saturated heterocycles. The van der Waals surface area contributed by atoms with Gasteiger partial charge in [-0.1, -0.05) is 12.1 Å². The molecule has 2 aromatic heterocycles. The molecule has 1 aliphatic rings. The second kappa shape index (κ2) is 11.4. The van der Waals surface area contributed by atoms with Crippen molar-refractivity contribution < 1.29 is 32.5 Å². The van der Waals surface area contributed by atoms with Crippen LogP contribution in [0, 0.1) is 6.92 Å². The normalized spacial score (nSPS) is 13.9. The monoisotopic (exact) mass is 627 g/mol. The zero-order valence-corrected chi connectivity index (χ0v) is 26.1. The molecular formula is C34H33N3O7S. The van der Waals surface area contributed by atoms with Gasteiger partial charge in [0.15, 0.2) is 6.10 Å². The molecule has 1 aliphatic heterocycles. The van der Waals surface area contributed by atoms with E-state index in [9.17, 15) is 18.3 Å². The van der Waals surface area contributed by atoms with Crippen LogP contribution in [-0.2, 0) is 32.6 Å². The van der Waals surface area contributed by atoms with E-state index in [1.165, 1.54) is 12.1 Å². The van der Waals surface area contributed by atoms with E-state index in [1.54, 1.807) is 24.4 Å². The summed E-state index contributed by atoms with van der Waals surface area (Å²) < 4.78 is 41.3. The lowest BCUT2D eigenvalue weighted by atomic mass is 9.86. The highest BCUT2D eigenvalue weighted by atomic mass is 32.2. The van der Waals surface area contributed by atoms with Crippen LogP contribution in [0.15, 0.2) is 71.8 Å². The molecule has 0 aliphatic carbocycles. The highest BCUT2D eigenvalue weighted by Crippen LogP contribution is 2.45. The number of sulfonamides is 1. The lowest BCUT2D eigenvalue weighted by Gasteiger charge is -2.29. The number of rotatable bonds is 8. The second-order valence-electron chi connectivity index (χ2n) is 12.0. The fraction of sp³-hybridized carbons (Fsp3) is 0.265. The number of primary sulfonamides is 1. The summed E-state index contributed by atoms with van der Waals surface area (Å²) in [6.45, 7) is 8.06. The van der Waals surface area contributed by atoms with Crippen molar-refractivity contribution in [3.63, 3.8) is 0 Å². The molecule has 0 bridgehead atoms. The minimum absolute atomic E-state index is 0.0173. The molecule has 11 heteroatoms. The number of carbonyl (C=O) groups is 1. The van der Waals surface area contributed by atoms with Crippen LogP contribution in [-0.4, -0.2) is 41.7 Å². The highest BCUT2D eigenvalue weighted by Gasteiger charge is 2.33. The Morgan fingerprint density at radius 1 is 1.09 bits per heavy atom. The molecule has 0 saturated carbocycles. The summed E-state index contributed by atoms with van der Waals surface area (Å²) in [4.78, 5) is 22.4. The minimum Gasteiger partial charge on any atom is -0.493 e. The SMILES string of the molecule is Cc1cc2nc(OCc3ccc(S(N)(=O)=O)cc3)ccc2c(-c2ccc3c4c(ccnc24)CCO3)c1[C@H](OC(C)(C)C)C(=O)O. The number of pyridine rings is 2. The molecule has 3 N–H and O–H groups in total. The van der Waals surface area contributed by atoms with E-state index in [0.717, 1.165) is 34.2 Å². The first-order valence-corrected chi connectivity index (χ1v) is 16.0. The summed E-state index contributed by atoms with van der Waals surface area (Å²) in [7, 11) is -3.79. The fourth-order valence-corrected chi connectivity index (χ4v) is 6.25. The number of fused-ring (bicyclic) bond motifs is 1. The predicted octanol–water partition coefficient (Wildman–Crippen LogP) is 5.86. The van der Waals surface area contributed by atoms with Crippen LogP contribution in [0.1, 0.15) is 49.1 Å². The molecule has 0 radical (unpaired) electrons. The van der Waals surface area contributed by atoms with E-state index in [0.29, 0.717) is 45.6 Å². The van der Waals surface area contributed by atoms with Crippen molar-refractivity contribution >= 4 is 37.8 Å². The van der Waals surface area contributed by atoms with Crippen LogP contribution in [0.3, 0.4) is 0 Å². The van der Waals surface area contributed by atoms with Crippen molar-refractivity contribution in [3.05, 3.63) is 89.1 Å². The summed E-state index contributed by atoms with van der Waals surface area (Å²) in [6, 6.07) is 17.4. The van der Waals surface area contributed by atoms with Gasteiger partial charge in [-0.2, -0.15) is 0 Å². The van der Waals surface area contributed by atoms with Crippen molar-refractivity contribution in [2.24, 2.45) is 5.14 Å². The summed E-state index contributed by atoms with van der Waals surface area (Å²) in [5.74, 6) is -0.0115. The van der Waals surface area contributed by atoms with Gasteiger partial charge >= 0.3 is 5.97 Å². The van der Waals surface area contributed by atoms with Gasteiger partial charge in [0, 0.05) is 40.6 Å². The van der Waals surface area contributed by atoms with Crippen LogP contribution >= 0.6 is 0 Å². The van der Waals surface area contributed by atoms with Crippen LogP contribution in [0.2, 0.25) is 0 Å². The summed E-state index contributed by atoms with van der Waals surface area (Å²) in [6.07, 6.45) is 1.26. The summed E-state index contributed by atoms with van der Waals surface area (Å²) in [5, 5.41) is 17.3. The maximum absolute atomic E-state index is 12.8. The van der Waals surface area contributed by atoms with Crippen molar-refractivity contribution in [2.45, 2.75) is 57.3 Å². The van der Waals surface area contributed by atoms with Gasteiger partial charge in [0.1, 0.15) is 12.4 Å². The van der Waals surface area contributed by atoms with Crippen LogP contribution < -0.4 is 14.6 Å². The largest absolute Gasteiger partial charge is 0.493 e. The van der Waals surface area contributed by atoms with Gasteiger partial charge in [0.05, 0.1) is 28.1 Å². The lowest BCUT2D eigenvalue weighted by molar-refractivity contribution is -0.160. The minimum atomic E-state index is -3.79. The number of hydrogen-bond donors (Lipinski definition) is 2. The average Bonchev–Trinajstić information content (AvgIpc) is 2.98. The van der Waals surface area contributed by atoms with E-state index in [4.69, 9.17) is 29.3 Å². The Labute approximate surface area is 260 Å². The van der Waals surface area contributed by atoms with Gasteiger partial charge in [-0.15, -0.1) is 0 Å². The number of benzene rings is 3. The third kappa shape index (κ3) is 6.06. The summed E-state index contributed by atoms with van der Waals surface area (Å²) >= 11 is 0. The third-order valence-corrected chi connectivity index (χ3v) is 8.58. The van der Waals surface area contributed by atoms with Crippen LogP contribution in [0.5, 0.6) is 11.6 Å². The van der Waals surface area contributed by atoms with Gasteiger partial charge < -0.3 is 19.3 Å². The Balaban J connectivity index is 1.51. The van der Waals surface area contributed by atoms with Crippen molar-refractivity contribution in [2.75, 3.05) is 6.61 Å². The van der Waals surface area contributed by atoms with Crippen molar-refractivity contribution in [3.8, 4) is 22.8 Å². The van der Waals surface area contributed by atoms with Crippen LogP contribution in [0.4, 0.5) is 0 Å². The van der Waals surface area contributed by atoms with Gasteiger partial charge in [-0.05, 0) is 92.4 Å². The lowest BCUT2D eigenvalue weighted by Crippen LogP contribution is -2.28. The zero-order chi connectivity index (χ0) is 32.1. The van der Waals surface area contributed by atoms with Crippen LogP contribution in [0.25, 0.3) is 32.9 Å². The molecule has 45 heavy (non-hydrogen) atoms. The molecule has 232 valence electrons. The number of nitrogens with zero attached hydrogens (tertiary/aromatic N) is 2. The molecule has 3 heterocycles. The van der Waals surface area contributed by atoms with E-state index in [2.05, 4.69) is 0 Å². The first-order chi connectivity index (χ1) is 21.3. The predicted molar refractivity (Wildman–Crippen MR) is 170 cm³/mol. The molecule has 0 amide bonds. The fourth-order valence-electron chi connectivity index (χ4n) is 5.73. The Morgan fingerprint density at radius 2 is 1.84 bits per heavy atom. The molecule has 0 spiro atoms. The quantitative estimate of drug-likeness (QED) is 0.216. The highest BCUT2D eigenvalue weighted by molar-refractivity contribution is 7.89. The number of carboxylic acid groups (broad SMARTS) is 1. The Bertz CT molecular complexity index is 2060. The number of ether oxygens (including phenoxy) is 3. The standard InChI is InChI=1S/C34H33N3O7S/c1-19-17-25-23(10-12-27(37-25)43-18-20-5-7-22(8-6-20)45(35,40)41)30(28(19)32(33(38)39)44-34(2,3)4)24-9-11-26-29-21(14-16-42-26)13-15-36-31(24)29/h5-13,15,17,32H,14,16,18H2,1-4H3,(H,38,39)(H2,35,40,41)/t32-/m0/s1. The van der Waals surface area contributed by atoms with E-state index < -0.39 is 27.7 Å². The van der Waals surface area contributed by atoms with Crippen molar-refractivity contribution in [1.29, 1.82) is 0 Å². The molecule has 6 rings (SSSR count). The number of aliphatic carboxylic acids is 1. The van der Waals surface area contributed by atoms with E-state index in [-0.39, 0.29) is 11.5 Å². The summed E-state index contributed by atoms with van der Waals surface area (Å²) in [5.41, 5.74) is 5.05. The van der Waals surface area contributed by atoms with Gasteiger partial charge in [0.2, 0.25) is 15.9 Å². The topological polar surface area (TPSA) is 151 Å².